The predicted octanol–water partition coefficient (Wildman–Crippen LogP) is 20.8. The number of carbonyl (C=O) groups is 2. The number of allylic oxidation sites excluding steroid dienone is 26. The summed E-state index contributed by atoms with van der Waals surface area (Å²) in [6, 6.07) is 0. The molecule has 0 saturated carbocycles. The molecule has 10 heteroatoms. The molecule has 9 nitrogen and oxygen atoms in total. The molecule has 0 rings (SSSR count). The number of carbonyl (C=O) groups excluding carboxylic acids is 2. The Hall–Kier alpha value is -4.37. The number of hydrogen-bond donors (Lipinski definition) is 1. The number of nitrogens with zero attached hydrogens (tertiary/aromatic N) is 1. The SMILES string of the molecule is CC/C=C\C/C=C\C/C=C\C/C=C\C/C=C\C/C=C\C/C=C\C/C=C\C/C=C\CCCCCCCC(=O)OC(COC(=O)CCCCCCCCCCCCCC/C=C\C/C=C\C/C=C\C/C=C\CC)COP(=O)(O)OCC[N+](C)(C)C. The highest BCUT2D eigenvalue weighted by molar-refractivity contribution is 7.47. The fraction of sp³-hybridized carbons (Fsp3) is 0.611. The molecule has 0 spiro atoms. The number of esters is 2. The minimum absolute atomic E-state index is 0.0186. The topological polar surface area (TPSA) is 108 Å². The number of phosphoric acid groups is 1. The first-order chi connectivity index (χ1) is 40.0. The number of hydrogen-bond acceptors (Lipinski definition) is 7. The zero-order valence-electron chi connectivity index (χ0n) is 52.7. The predicted molar refractivity (Wildman–Crippen MR) is 353 cm³/mol. The van der Waals surface area contributed by atoms with Gasteiger partial charge in [-0.2, -0.15) is 0 Å². The van der Waals surface area contributed by atoms with Crippen LogP contribution in [0.15, 0.2) is 158 Å². The molecule has 82 heavy (non-hydrogen) atoms. The van der Waals surface area contributed by atoms with Crippen LogP contribution in [0.25, 0.3) is 0 Å². The first kappa shape index (κ1) is 77.6. The van der Waals surface area contributed by atoms with Crippen molar-refractivity contribution in [3.8, 4) is 0 Å². The molecule has 464 valence electrons. The minimum Gasteiger partial charge on any atom is -0.462 e. The summed E-state index contributed by atoms with van der Waals surface area (Å²) in [6.07, 6.45) is 91.8. The molecule has 2 atom stereocenters. The maximum atomic E-state index is 12.9. The molecular weight excluding hydrogens is 1040 g/mol. The first-order valence-corrected chi connectivity index (χ1v) is 33.7. The highest BCUT2D eigenvalue weighted by Crippen LogP contribution is 2.43. The van der Waals surface area contributed by atoms with E-state index in [-0.39, 0.29) is 32.0 Å². The molecule has 0 aliphatic heterocycles. The average Bonchev–Trinajstić information content (AvgIpc) is 3.46. The largest absolute Gasteiger partial charge is 0.472 e. The van der Waals surface area contributed by atoms with Crippen molar-refractivity contribution in [2.24, 2.45) is 0 Å². The monoisotopic (exact) mass is 1160 g/mol. The number of phosphoric ester groups is 1. The third-order valence-electron chi connectivity index (χ3n) is 13.1. The Labute approximate surface area is 503 Å². The molecule has 2 unspecified atom stereocenters. The van der Waals surface area contributed by atoms with Gasteiger partial charge in [-0.1, -0.05) is 255 Å². The molecule has 0 heterocycles. The Kier molecular flexibility index (Phi) is 57.9. The highest BCUT2D eigenvalue weighted by Gasteiger charge is 2.27. The number of quaternary nitrogens is 1. The van der Waals surface area contributed by atoms with Crippen LogP contribution in [0, 0.1) is 0 Å². The van der Waals surface area contributed by atoms with E-state index in [9.17, 15) is 19.0 Å². The smallest absolute Gasteiger partial charge is 0.462 e. The molecule has 0 radical (unpaired) electrons. The Morgan fingerprint density at radius 3 is 0.976 bits per heavy atom. The lowest BCUT2D eigenvalue weighted by atomic mass is 10.0. The molecule has 0 fully saturated rings. The number of rotatable bonds is 57. The van der Waals surface area contributed by atoms with E-state index in [2.05, 4.69) is 172 Å². The van der Waals surface area contributed by atoms with Crippen LogP contribution >= 0.6 is 7.82 Å². The van der Waals surface area contributed by atoms with E-state index in [0.717, 1.165) is 135 Å². The van der Waals surface area contributed by atoms with Crippen molar-refractivity contribution >= 4 is 19.8 Å². The van der Waals surface area contributed by atoms with Crippen molar-refractivity contribution in [3.63, 3.8) is 0 Å². The lowest BCUT2D eigenvalue weighted by Crippen LogP contribution is -2.37. The second-order valence-corrected chi connectivity index (χ2v) is 23.5. The van der Waals surface area contributed by atoms with Crippen molar-refractivity contribution in [1.82, 2.24) is 0 Å². The molecular formula is C72H119NO8P+. The van der Waals surface area contributed by atoms with Gasteiger partial charge in [-0.15, -0.1) is 0 Å². The molecule has 0 aromatic rings. The lowest BCUT2D eigenvalue weighted by Gasteiger charge is -2.24. The van der Waals surface area contributed by atoms with Gasteiger partial charge in [0.1, 0.15) is 19.8 Å². The van der Waals surface area contributed by atoms with Gasteiger partial charge in [-0.05, 0) is 122 Å². The van der Waals surface area contributed by atoms with Gasteiger partial charge < -0.3 is 18.9 Å². The van der Waals surface area contributed by atoms with Gasteiger partial charge in [-0.3, -0.25) is 18.6 Å². The maximum Gasteiger partial charge on any atom is 0.472 e. The van der Waals surface area contributed by atoms with E-state index >= 15 is 0 Å². The molecule has 0 saturated heterocycles. The van der Waals surface area contributed by atoms with Gasteiger partial charge >= 0.3 is 19.8 Å². The van der Waals surface area contributed by atoms with Gasteiger partial charge in [0, 0.05) is 12.8 Å². The van der Waals surface area contributed by atoms with Crippen LogP contribution in [-0.4, -0.2) is 74.9 Å². The van der Waals surface area contributed by atoms with Gasteiger partial charge in [0.15, 0.2) is 6.10 Å². The fourth-order valence-corrected chi connectivity index (χ4v) is 8.92. The van der Waals surface area contributed by atoms with Crippen molar-refractivity contribution in [2.45, 2.75) is 238 Å². The standard InChI is InChI=1S/C72H118NO8P/c1-6-8-10-12-14-16-18-20-22-24-26-28-30-32-33-34-35-36-37-38-39-41-43-45-47-49-51-53-55-57-59-61-63-65-72(75)81-70(69-80-82(76,77)79-67-66-73(3,4)5)68-78-71(74)64-62-60-58-56-54-52-50-48-46-44-42-40-31-29-27-25-23-21-19-17-15-13-11-9-7-2/h8-11,14-17,20-23,26-29,32-33,35-36,38-39,43,45,49,51,70H,6-7,12-13,18-19,24-25,30-31,34,37,40-42,44,46-48,50,52-69H2,1-5H3/p+1/b10-8-,11-9-,16-14-,17-15-,22-20-,23-21-,28-26-,29-27-,33-32-,36-35-,39-38-,45-43-,51-49-. The third-order valence-corrected chi connectivity index (χ3v) is 14.0. The van der Waals surface area contributed by atoms with Crippen molar-refractivity contribution in [3.05, 3.63) is 158 Å². The van der Waals surface area contributed by atoms with E-state index in [1.54, 1.807) is 0 Å². The summed E-state index contributed by atoms with van der Waals surface area (Å²) in [5.41, 5.74) is 0. The summed E-state index contributed by atoms with van der Waals surface area (Å²) in [5, 5.41) is 0. The van der Waals surface area contributed by atoms with Crippen LogP contribution in [0.5, 0.6) is 0 Å². The Balaban J connectivity index is 4.22. The first-order valence-electron chi connectivity index (χ1n) is 32.2. The fourth-order valence-electron chi connectivity index (χ4n) is 8.18. The minimum atomic E-state index is -4.41. The van der Waals surface area contributed by atoms with Crippen molar-refractivity contribution in [1.29, 1.82) is 0 Å². The summed E-state index contributed by atoms with van der Waals surface area (Å²) in [6.45, 7) is 4.17. The number of likely N-dealkylation sites (N-methyl/N-ethyl adjacent to an activating group) is 1. The Bertz CT molecular complexity index is 1940. The molecule has 0 bridgehead atoms. The number of ether oxygens (including phenoxy) is 2. The molecule has 0 amide bonds. The Morgan fingerprint density at radius 1 is 0.378 bits per heavy atom. The van der Waals surface area contributed by atoms with Crippen molar-refractivity contribution < 1.29 is 42.1 Å². The summed E-state index contributed by atoms with van der Waals surface area (Å²) < 4.78 is 34.6. The quantitative estimate of drug-likeness (QED) is 0.0211. The zero-order chi connectivity index (χ0) is 59.8. The van der Waals surface area contributed by atoms with E-state index < -0.39 is 26.5 Å². The normalized spacial score (nSPS) is 14.3. The highest BCUT2D eigenvalue weighted by atomic mass is 31.2. The lowest BCUT2D eigenvalue weighted by molar-refractivity contribution is -0.870. The summed E-state index contributed by atoms with van der Waals surface area (Å²) in [5.74, 6) is -0.832. The maximum absolute atomic E-state index is 12.9. The molecule has 0 aliphatic carbocycles. The van der Waals surface area contributed by atoms with Gasteiger partial charge in [0.2, 0.25) is 0 Å². The zero-order valence-corrected chi connectivity index (χ0v) is 53.6. The number of unbranched alkanes of at least 4 members (excludes halogenated alkanes) is 17. The second-order valence-electron chi connectivity index (χ2n) is 22.0. The van der Waals surface area contributed by atoms with Crippen LogP contribution < -0.4 is 0 Å². The van der Waals surface area contributed by atoms with Crippen LogP contribution in [0.4, 0.5) is 0 Å². The van der Waals surface area contributed by atoms with E-state index in [4.69, 9.17) is 18.5 Å². The molecule has 0 aliphatic rings. The van der Waals surface area contributed by atoms with Crippen LogP contribution in [-0.2, 0) is 32.7 Å². The Morgan fingerprint density at radius 2 is 0.659 bits per heavy atom. The van der Waals surface area contributed by atoms with Gasteiger partial charge in [-0.25, -0.2) is 4.57 Å². The summed E-state index contributed by atoms with van der Waals surface area (Å²) >= 11 is 0. The molecule has 0 aromatic heterocycles. The van der Waals surface area contributed by atoms with Crippen LogP contribution in [0.3, 0.4) is 0 Å². The van der Waals surface area contributed by atoms with E-state index in [1.807, 2.05) is 21.1 Å². The van der Waals surface area contributed by atoms with Crippen LogP contribution in [0.1, 0.15) is 232 Å². The second kappa shape index (κ2) is 61.2. The average molecular weight is 1160 g/mol. The molecule has 0 aromatic carbocycles. The van der Waals surface area contributed by atoms with Gasteiger partial charge in [0.25, 0.3) is 0 Å². The molecule has 1 N–H and O–H groups in total. The van der Waals surface area contributed by atoms with Crippen molar-refractivity contribution in [2.75, 3.05) is 47.5 Å². The van der Waals surface area contributed by atoms with Crippen LogP contribution in [0.2, 0.25) is 0 Å². The summed E-state index contributed by atoms with van der Waals surface area (Å²) in [7, 11) is 1.44. The van der Waals surface area contributed by atoms with Gasteiger partial charge in [0.05, 0.1) is 27.7 Å². The summed E-state index contributed by atoms with van der Waals surface area (Å²) in [4.78, 5) is 35.8. The third kappa shape index (κ3) is 64.8. The van der Waals surface area contributed by atoms with E-state index in [1.165, 1.54) is 64.2 Å². The van der Waals surface area contributed by atoms with E-state index in [0.29, 0.717) is 17.4 Å².